The van der Waals surface area contributed by atoms with E-state index in [1.165, 1.54) is 35.2 Å². The number of hydrogen-bond donors (Lipinski definition) is 1. The number of para-hydroxylation sites is 2. The van der Waals surface area contributed by atoms with Crippen LogP contribution in [0.4, 0.5) is 20.2 Å². The molecular formula is C25H19F2N3O4S. The number of nitrogens with one attached hydrogen (secondary N) is 1. The van der Waals surface area contributed by atoms with Crippen LogP contribution in [0, 0.1) is 11.6 Å². The number of aliphatic imine (C=N–C) groups is 1. The summed E-state index contributed by atoms with van der Waals surface area (Å²) in [4.78, 5) is 31.7. The van der Waals surface area contributed by atoms with Crippen LogP contribution >= 0.6 is 11.8 Å². The Morgan fingerprint density at radius 1 is 1.03 bits per heavy atom. The maximum atomic E-state index is 14.3. The fraction of sp³-hybridized carbons (Fsp3) is 0.160. The Bertz CT molecular complexity index is 1330. The summed E-state index contributed by atoms with van der Waals surface area (Å²) < 4.78 is 38.9. The lowest BCUT2D eigenvalue weighted by molar-refractivity contribution is -0.128. The van der Waals surface area contributed by atoms with Crippen molar-refractivity contribution in [2.24, 2.45) is 4.99 Å². The minimum atomic E-state index is -0.804. The molecule has 2 amide bonds. The van der Waals surface area contributed by atoms with E-state index in [1.54, 1.807) is 36.4 Å². The molecule has 2 aliphatic heterocycles. The zero-order valence-electron chi connectivity index (χ0n) is 18.2. The molecule has 0 bridgehead atoms. The third kappa shape index (κ3) is 4.97. The van der Waals surface area contributed by atoms with Crippen LogP contribution in [-0.2, 0) is 16.1 Å². The maximum absolute atomic E-state index is 14.3. The van der Waals surface area contributed by atoms with Gasteiger partial charge in [0.15, 0.2) is 16.7 Å². The highest BCUT2D eigenvalue weighted by Crippen LogP contribution is 2.36. The van der Waals surface area contributed by atoms with Gasteiger partial charge < -0.3 is 14.8 Å². The number of thioether (sulfide) groups is 1. The Morgan fingerprint density at radius 2 is 1.77 bits per heavy atom. The number of amides is 2. The van der Waals surface area contributed by atoms with Crippen molar-refractivity contribution >= 4 is 40.1 Å². The molecule has 3 aromatic carbocycles. The summed E-state index contributed by atoms with van der Waals surface area (Å²) in [6.07, 6.45) is -0.203. The fourth-order valence-electron chi connectivity index (χ4n) is 3.67. The van der Waals surface area contributed by atoms with E-state index in [0.29, 0.717) is 11.5 Å². The zero-order chi connectivity index (χ0) is 24.4. The summed E-state index contributed by atoms with van der Waals surface area (Å²) in [5.74, 6) is -0.800. The second-order valence-electron chi connectivity index (χ2n) is 7.80. The molecule has 5 rings (SSSR count). The highest BCUT2D eigenvalue weighted by atomic mass is 32.2. The first-order valence-electron chi connectivity index (χ1n) is 10.7. The first-order chi connectivity index (χ1) is 17.0. The molecule has 0 radical (unpaired) electrons. The third-order valence-corrected chi connectivity index (χ3v) is 6.56. The molecule has 0 unspecified atom stereocenters. The van der Waals surface area contributed by atoms with E-state index >= 15 is 0 Å². The lowest BCUT2D eigenvalue weighted by Gasteiger charge is -2.17. The lowest BCUT2D eigenvalue weighted by Crippen LogP contribution is -2.33. The second kappa shape index (κ2) is 9.75. The van der Waals surface area contributed by atoms with Crippen LogP contribution in [0.1, 0.15) is 12.0 Å². The van der Waals surface area contributed by atoms with Gasteiger partial charge in [0.05, 0.1) is 12.2 Å². The molecule has 1 fully saturated rings. The molecule has 178 valence electrons. The molecule has 0 aromatic heterocycles. The van der Waals surface area contributed by atoms with E-state index in [1.807, 2.05) is 0 Å². The standard InChI is InChI=1S/C25H19F2N3O4S/c26-16-5-1-3-7-18(16)28-23(31)12-22-24(32)30(13-15-9-10-20-21(11-15)34-14-33-20)25(35-22)29-19-8-4-2-6-17(19)27/h1-11,22H,12-14H2,(H,28,31)/t22-/m0/s1. The summed E-state index contributed by atoms with van der Waals surface area (Å²) in [5, 5.41) is 1.96. The van der Waals surface area contributed by atoms with Crippen LogP contribution in [0.25, 0.3) is 0 Å². The number of hydrogen-bond acceptors (Lipinski definition) is 6. The van der Waals surface area contributed by atoms with Crippen molar-refractivity contribution in [2.75, 3.05) is 12.1 Å². The summed E-state index contributed by atoms with van der Waals surface area (Å²) in [6.45, 7) is 0.262. The topological polar surface area (TPSA) is 80.2 Å². The van der Waals surface area contributed by atoms with Gasteiger partial charge in [0.2, 0.25) is 18.6 Å². The number of nitrogens with zero attached hydrogens (tertiary/aromatic N) is 2. The Balaban J connectivity index is 1.39. The molecule has 1 atom stereocenters. The molecule has 2 heterocycles. The predicted molar refractivity (Wildman–Crippen MR) is 128 cm³/mol. The van der Waals surface area contributed by atoms with Gasteiger partial charge in [-0.15, -0.1) is 0 Å². The number of fused-ring (bicyclic) bond motifs is 1. The third-order valence-electron chi connectivity index (χ3n) is 5.38. The van der Waals surface area contributed by atoms with Gasteiger partial charge in [-0.05, 0) is 42.0 Å². The molecule has 1 saturated heterocycles. The summed E-state index contributed by atoms with van der Waals surface area (Å²) >= 11 is 1.07. The molecule has 1 N–H and O–H groups in total. The Morgan fingerprint density at radius 3 is 2.57 bits per heavy atom. The van der Waals surface area contributed by atoms with Crippen LogP contribution in [0.15, 0.2) is 71.7 Å². The predicted octanol–water partition coefficient (Wildman–Crippen LogP) is 4.85. The minimum Gasteiger partial charge on any atom is -0.454 e. The maximum Gasteiger partial charge on any atom is 0.242 e. The van der Waals surface area contributed by atoms with Crippen molar-refractivity contribution in [3.8, 4) is 11.5 Å². The van der Waals surface area contributed by atoms with Crippen molar-refractivity contribution < 1.29 is 27.8 Å². The quantitative estimate of drug-likeness (QED) is 0.529. The van der Waals surface area contributed by atoms with Crippen molar-refractivity contribution in [2.45, 2.75) is 18.2 Å². The number of rotatable bonds is 6. The molecule has 0 saturated carbocycles. The Labute approximate surface area is 203 Å². The average Bonchev–Trinajstić information content (AvgIpc) is 3.42. The average molecular weight is 496 g/mol. The van der Waals surface area contributed by atoms with Crippen molar-refractivity contribution in [3.05, 3.63) is 83.9 Å². The van der Waals surface area contributed by atoms with Crippen molar-refractivity contribution in [3.63, 3.8) is 0 Å². The molecule has 35 heavy (non-hydrogen) atoms. The van der Waals surface area contributed by atoms with Crippen LogP contribution in [0.2, 0.25) is 0 Å². The largest absolute Gasteiger partial charge is 0.454 e. The molecule has 0 spiro atoms. The number of ether oxygens (including phenoxy) is 2. The number of anilines is 1. The zero-order valence-corrected chi connectivity index (χ0v) is 19.1. The van der Waals surface area contributed by atoms with Crippen LogP contribution in [0.3, 0.4) is 0 Å². The number of halogens is 2. The van der Waals surface area contributed by atoms with Gasteiger partial charge in [-0.3, -0.25) is 14.5 Å². The van der Waals surface area contributed by atoms with E-state index in [0.717, 1.165) is 17.3 Å². The van der Waals surface area contributed by atoms with Crippen molar-refractivity contribution in [1.29, 1.82) is 0 Å². The summed E-state index contributed by atoms with van der Waals surface area (Å²) in [7, 11) is 0. The molecule has 7 nitrogen and oxygen atoms in total. The highest BCUT2D eigenvalue weighted by molar-refractivity contribution is 8.15. The summed E-state index contributed by atoms with van der Waals surface area (Å²) in [5.41, 5.74) is 0.862. The number of benzene rings is 3. The highest BCUT2D eigenvalue weighted by Gasteiger charge is 2.39. The molecule has 2 aliphatic rings. The molecule has 0 aliphatic carbocycles. The first kappa shape index (κ1) is 22.9. The van der Waals surface area contributed by atoms with Gasteiger partial charge in [0.25, 0.3) is 0 Å². The van der Waals surface area contributed by atoms with E-state index in [-0.39, 0.29) is 42.2 Å². The van der Waals surface area contributed by atoms with E-state index in [4.69, 9.17) is 9.47 Å². The van der Waals surface area contributed by atoms with Gasteiger partial charge in [0, 0.05) is 6.42 Å². The van der Waals surface area contributed by atoms with Gasteiger partial charge in [-0.1, -0.05) is 42.1 Å². The van der Waals surface area contributed by atoms with Gasteiger partial charge in [0.1, 0.15) is 22.6 Å². The Hall–Kier alpha value is -3.92. The molecular weight excluding hydrogens is 476 g/mol. The lowest BCUT2D eigenvalue weighted by atomic mass is 10.1. The van der Waals surface area contributed by atoms with Gasteiger partial charge >= 0.3 is 0 Å². The van der Waals surface area contributed by atoms with E-state index in [2.05, 4.69) is 10.3 Å². The van der Waals surface area contributed by atoms with Gasteiger partial charge in [-0.2, -0.15) is 0 Å². The number of carbonyl (C=O) groups is 2. The van der Waals surface area contributed by atoms with Crippen molar-refractivity contribution in [1.82, 2.24) is 4.90 Å². The summed E-state index contributed by atoms with van der Waals surface area (Å²) in [6, 6.07) is 17.1. The van der Waals surface area contributed by atoms with Gasteiger partial charge in [-0.25, -0.2) is 13.8 Å². The van der Waals surface area contributed by atoms with E-state index < -0.39 is 22.8 Å². The smallest absolute Gasteiger partial charge is 0.242 e. The number of amidine groups is 1. The Kier molecular flexibility index (Phi) is 6.37. The molecule has 3 aromatic rings. The first-order valence-corrected chi connectivity index (χ1v) is 11.6. The SMILES string of the molecule is O=C(C[C@@H]1SC(=Nc2ccccc2F)N(Cc2ccc3c(c2)OCO3)C1=O)Nc1ccccc1F. The monoisotopic (exact) mass is 495 g/mol. The van der Waals surface area contributed by atoms with E-state index in [9.17, 15) is 18.4 Å². The minimum absolute atomic E-state index is 0.0328. The van der Waals surface area contributed by atoms with Crippen LogP contribution < -0.4 is 14.8 Å². The van der Waals surface area contributed by atoms with Crippen LogP contribution in [-0.4, -0.2) is 33.9 Å². The normalized spacial score (nSPS) is 17.8. The second-order valence-corrected chi connectivity index (χ2v) is 8.97. The fourth-order valence-corrected chi connectivity index (χ4v) is 4.82. The molecule has 10 heteroatoms. The van der Waals surface area contributed by atoms with Crippen LogP contribution in [0.5, 0.6) is 11.5 Å². The number of carbonyl (C=O) groups excluding carboxylic acids is 2.